The van der Waals surface area contributed by atoms with Crippen LogP contribution < -0.4 is 10.1 Å². The molecule has 0 aromatic heterocycles. The Kier molecular flexibility index (Phi) is 3.84. The third-order valence-corrected chi connectivity index (χ3v) is 4.01. The van der Waals surface area contributed by atoms with Crippen molar-refractivity contribution in [2.75, 3.05) is 12.4 Å². The molecule has 21 heavy (non-hydrogen) atoms. The number of halogens is 1. The molecule has 1 aliphatic rings. The van der Waals surface area contributed by atoms with Gasteiger partial charge in [0.15, 0.2) is 0 Å². The number of nitrogens with one attached hydrogen (secondary N) is 1. The van der Waals surface area contributed by atoms with Crippen LogP contribution >= 0.6 is 15.9 Å². The number of urea groups is 1. The van der Waals surface area contributed by atoms with E-state index in [1.54, 1.807) is 12.0 Å². The maximum atomic E-state index is 12.3. The van der Waals surface area contributed by atoms with Crippen LogP contribution in [0.15, 0.2) is 46.9 Å². The van der Waals surface area contributed by atoms with Crippen LogP contribution in [0.25, 0.3) is 0 Å². The van der Waals surface area contributed by atoms with Crippen molar-refractivity contribution in [3.63, 3.8) is 0 Å². The largest absolute Gasteiger partial charge is 0.497 e. The Morgan fingerprint density at radius 1 is 1.14 bits per heavy atom. The molecule has 1 aliphatic heterocycles. The van der Waals surface area contributed by atoms with E-state index >= 15 is 0 Å². The first kappa shape index (κ1) is 13.9. The number of amides is 2. The summed E-state index contributed by atoms with van der Waals surface area (Å²) in [5, 5.41) is 2.90. The first-order valence-corrected chi connectivity index (χ1v) is 7.42. The number of nitrogens with zero attached hydrogens (tertiary/aromatic N) is 1. The fourth-order valence-corrected chi connectivity index (χ4v) is 2.79. The SMILES string of the molecule is COc1ccc(NC(=O)N2Cc3ccc(Br)cc3C2)cc1. The summed E-state index contributed by atoms with van der Waals surface area (Å²) < 4.78 is 6.14. The second kappa shape index (κ2) is 5.77. The second-order valence-electron chi connectivity index (χ2n) is 4.93. The normalized spacial score (nSPS) is 13.0. The van der Waals surface area contributed by atoms with Crippen molar-refractivity contribution in [2.45, 2.75) is 13.1 Å². The number of carbonyl (C=O) groups is 1. The van der Waals surface area contributed by atoms with E-state index in [0.29, 0.717) is 13.1 Å². The van der Waals surface area contributed by atoms with Gasteiger partial charge in [-0.15, -0.1) is 0 Å². The molecule has 0 saturated heterocycles. The number of methoxy groups -OCH3 is 1. The van der Waals surface area contributed by atoms with Crippen LogP contribution in [0.3, 0.4) is 0 Å². The second-order valence-corrected chi connectivity index (χ2v) is 5.84. The minimum Gasteiger partial charge on any atom is -0.497 e. The van der Waals surface area contributed by atoms with Crippen LogP contribution in [0, 0.1) is 0 Å². The molecule has 4 nitrogen and oxygen atoms in total. The lowest BCUT2D eigenvalue weighted by molar-refractivity contribution is 0.212. The van der Waals surface area contributed by atoms with E-state index in [1.165, 1.54) is 11.1 Å². The van der Waals surface area contributed by atoms with Crippen molar-refractivity contribution >= 4 is 27.6 Å². The minimum absolute atomic E-state index is 0.0903. The minimum atomic E-state index is -0.0903. The monoisotopic (exact) mass is 346 g/mol. The van der Waals surface area contributed by atoms with Crippen LogP contribution in [-0.2, 0) is 13.1 Å². The van der Waals surface area contributed by atoms with E-state index in [4.69, 9.17) is 4.74 Å². The summed E-state index contributed by atoms with van der Waals surface area (Å²) in [7, 11) is 1.62. The number of carbonyl (C=O) groups excluding carboxylic acids is 1. The predicted molar refractivity (Wildman–Crippen MR) is 85.4 cm³/mol. The molecule has 5 heteroatoms. The van der Waals surface area contributed by atoms with Crippen LogP contribution in [0.4, 0.5) is 10.5 Å². The van der Waals surface area contributed by atoms with Gasteiger partial charge in [0.25, 0.3) is 0 Å². The van der Waals surface area contributed by atoms with Gasteiger partial charge in [0, 0.05) is 23.2 Å². The zero-order valence-corrected chi connectivity index (χ0v) is 13.2. The van der Waals surface area contributed by atoms with Crippen LogP contribution in [0.2, 0.25) is 0 Å². The fourth-order valence-electron chi connectivity index (χ4n) is 2.38. The van der Waals surface area contributed by atoms with Gasteiger partial charge < -0.3 is 15.0 Å². The Bertz CT molecular complexity index is 670. The van der Waals surface area contributed by atoms with Crippen LogP contribution in [-0.4, -0.2) is 18.0 Å². The molecule has 0 spiro atoms. The highest BCUT2D eigenvalue weighted by atomic mass is 79.9. The van der Waals surface area contributed by atoms with Gasteiger partial charge in [0.2, 0.25) is 0 Å². The lowest BCUT2D eigenvalue weighted by Gasteiger charge is -2.16. The zero-order valence-electron chi connectivity index (χ0n) is 11.6. The molecule has 1 N–H and O–H groups in total. The topological polar surface area (TPSA) is 41.6 Å². The highest BCUT2D eigenvalue weighted by Crippen LogP contribution is 2.26. The zero-order chi connectivity index (χ0) is 14.8. The lowest BCUT2D eigenvalue weighted by atomic mass is 10.1. The van der Waals surface area contributed by atoms with E-state index in [9.17, 15) is 4.79 Å². The lowest BCUT2D eigenvalue weighted by Crippen LogP contribution is -2.30. The molecule has 0 radical (unpaired) electrons. The molecule has 1 heterocycles. The van der Waals surface area contributed by atoms with Gasteiger partial charge in [0.05, 0.1) is 7.11 Å². The first-order valence-electron chi connectivity index (χ1n) is 6.63. The summed E-state index contributed by atoms with van der Waals surface area (Å²) in [4.78, 5) is 14.1. The molecule has 2 aromatic carbocycles. The van der Waals surface area contributed by atoms with Crippen molar-refractivity contribution in [1.82, 2.24) is 4.90 Å². The molecule has 3 rings (SSSR count). The third kappa shape index (κ3) is 3.03. The molecule has 2 aromatic rings. The first-order chi connectivity index (χ1) is 10.2. The van der Waals surface area contributed by atoms with Crippen molar-refractivity contribution in [1.29, 1.82) is 0 Å². The number of benzene rings is 2. The number of fused-ring (bicyclic) bond motifs is 1. The van der Waals surface area contributed by atoms with Crippen LogP contribution in [0.5, 0.6) is 5.75 Å². The van der Waals surface area contributed by atoms with Crippen molar-refractivity contribution in [3.8, 4) is 5.75 Å². The van der Waals surface area contributed by atoms with Gasteiger partial charge in [-0.05, 0) is 47.5 Å². The molecule has 2 amide bonds. The van der Waals surface area contributed by atoms with E-state index < -0.39 is 0 Å². The fraction of sp³-hybridized carbons (Fsp3) is 0.188. The molecule has 0 aliphatic carbocycles. The van der Waals surface area contributed by atoms with Gasteiger partial charge in [-0.3, -0.25) is 0 Å². The summed E-state index contributed by atoms with van der Waals surface area (Å²) in [6.45, 7) is 1.28. The van der Waals surface area contributed by atoms with Gasteiger partial charge >= 0.3 is 6.03 Å². The van der Waals surface area contributed by atoms with Crippen LogP contribution in [0.1, 0.15) is 11.1 Å². The maximum Gasteiger partial charge on any atom is 0.322 e. The Balaban J connectivity index is 1.67. The van der Waals surface area contributed by atoms with Gasteiger partial charge in [0.1, 0.15) is 5.75 Å². The van der Waals surface area contributed by atoms with Gasteiger partial charge in [-0.2, -0.15) is 0 Å². The highest BCUT2D eigenvalue weighted by molar-refractivity contribution is 9.10. The quantitative estimate of drug-likeness (QED) is 0.892. The summed E-state index contributed by atoms with van der Waals surface area (Å²) >= 11 is 3.46. The Morgan fingerprint density at radius 3 is 2.57 bits per heavy atom. The summed E-state index contributed by atoms with van der Waals surface area (Å²) in [5.74, 6) is 0.770. The van der Waals surface area contributed by atoms with E-state index in [2.05, 4.69) is 33.4 Å². The number of rotatable bonds is 2. The number of hydrogen-bond acceptors (Lipinski definition) is 2. The molecule has 0 fully saturated rings. The molecule has 0 bridgehead atoms. The maximum absolute atomic E-state index is 12.3. The predicted octanol–water partition coefficient (Wildman–Crippen LogP) is 4.01. The number of hydrogen-bond donors (Lipinski definition) is 1. The van der Waals surface area contributed by atoms with E-state index in [-0.39, 0.29) is 6.03 Å². The highest BCUT2D eigenvalue weighted by Gasteiger charge is 2.23. The standard InChI is InChI=1S/C16H15BrN2O2/c1-21-15-6-4-14(5-7-15)18-16(20)19-9-11-2-3-13(17)8-12(11)10-19/h2-8H,9-10H2,1H3,(H,18,20). The molecule has 108 valence electrons. The van der Waals surface area contributed by atoms with Gasteiger partial charge in [-0.1, -0.05) is 22.0 Å². The third-order valence-electron chi connectivity index (χ3n) is 3.52. The number of anilines is 1. The van der Waals surface area contributed by atoms with E-state index in [0.717, 1.165) is 15.9 Å². The Hall–Kier alpha value is -2.01. The summed E-state index contributed by atoms with van der Waals surface area (Å²) in [6, 6.07) is 13.3. The van der Waals surface area contributed by atoms with Crippen molar-refractivity contribution in [3.05, 3.63) is 58.1 Å². The number of ether oxygens (including phenoxy) is 1. The molecule has 0 saturated carbocycles. The Labute approximate surface area is 131 Å². The Morgan fingerprint density at radius 2 is 1.86 bits per heavy atom. The summed E-state index contributed by atoms with van der Waals surface area (Å²) in [5.41, 5.74) is 3.15. The summed E-state index contributed by atoms with van der Waals surface area (Å²) in [6.07, 6.45) is 0. The average Bonchev–Trinajstić information content (AvgIpc) is 2.91. The van der Waals surface area contributed by atoms with Crippen molar-refractivity contribution < 1.29 is 9.53 Å². The molecular formula is C16H15BrN2O2. The smallest absolute Gasteiger partial charge is 0.322 e. The van der Waals surface area contributed by atoms with Crippen molar-refractivity contribution in [2.24, 2.45) is 0 Å². The molecule has 0 unspecified atom stereocenters. The van der Waals surface area contributed by atoms with E-state index in [1.807, 2.05) is 30.3 Å². The average molecular weight is 347 g/mol. The van der Waals surface area contributed by atoms with Gasteiger partial charge in [-0.25, -0.2) is 4.79 Å². The molecular weight excluding hydrogens is 332 g/mol. The molecule has 0 atom stereocenters.